The fourth-order valence-electron chi connectivity index (χ4n) is 3.10. The molecular formula is C18H25F3N2O4S. The van der Waals surface area contributed by atoms with Crippen LogP contribution in [-0.2, 0) is 14.8 Å². The number of nitrogens with one attached hydrogen (secondary N) is 1. The van der Waals surface area contributed by atoms with E-state index >= 15 is 0 Å². The summed E-state index contributed by atoms with van der Waals surface area (Å²) in [7, 11) is -2.58. The fourth-order valence-corrected chi connectivity index (χ4v) is 4.44. The lowest BCUT2D eigenvalue weighted by Gasteiger charge is -2.36. The number of amides is 1. The maximum absolute atomic E-state index is 13.0. The molecule has 0 saturated carbocycles. The summed E-state index contributed by atoms with van der Waals surface area (Å²) >= 11 is 0. The van der Waals surface area contributed by atoms with E-state index in [0.29, 0.717) is 5.75 Å². The van der Waals surface area contributed by atoms with E-state index in [1.165, 1.54) is 31.4 Å². The highest BCUT2D eigenvalue weighted by atomic mass is 32.2. The summed E-state index contributed by atoms with van der Waals surface area (Å²) in [5.74, 6) is -2.19. The van der Waals surface area contributed by atoms with Crippen LogP contribution >= 0.6 is 0 Å². The Morgan fingerprint density at radius 2 is 1.86 bits per heavy atom. The zero-order valence-corrected chi connectivity index (χ0v) is 16.8. The molecule has 0 unspecified atom stereocenters. The summed E-state index contributed by atoms with van der Waals surface area (Å²) in [6, 6.07) is 4.46. The molecule has 158 valence electrons. The molecule has 1 aliphatic rings. The zero-order valence-electron chi connectivity index (χ0n) is 16.0. The van der Waals surface area contributed by atoms with E-state index in [4.69, 9.17) is 4.74 Å². The van der Waals surface area contributed by atoms with Gasteiger partial charge in [0.1, 0.15) is 11.8 Å². The lowest BCUT2D eigenvalue weighted by Crippen LogP contribution is -2.54. The molecule has 0 aromatic heterocycles. The van der Waals surface area contributed by atoms with Crippen LogP contribution < -0.4 is 9.46 Å². The first-order valence-electron chi connectivity index (χ1n) is 8.97. The van der Waals surface area contributed by atoms with Crippen molar-refractivity contribution in [3.05, 3.63) is 24.3 Å². The van der Waals surface area contributed by atoms with Gasteiger partial charge in [0.05, 0.1) is 17.9 Å². The molecule has 6 nitrogen and oxygen atoms in total. The fraction of sp³-hybridized carbons (Fsp3) is 0.611. The highest BCUT2D eigenvalue weighted by molar-refractivity contribution is 7.89. The standard InChI is InChI=1S/C18H25F3N2O4S/c1-12(2)16(17(24)23-10-4-5-13(11-23)18(19,20)21)22-28(25,26)15-8-6-14(27-3)7-9-15/h6-9,12-13,16,22H,4-5,10-11H2,1-3H3/t13-,16-/m1/s1. The van der Waals surface area contributed by atoms with E-state index in [9.17, 15) is 26.4 Å². The smallest absolute Gasteiger partial charge is 0.393 e. The number of alkyl halides is 3. The molecular weight excluding hydrogens is 397 g/mol. The number of benzene rings is 1. The highest BCUT2D eigenvalue weighted by Gasteiger charge is 2.44. The van der Waals surface area contributed by atoms with Gasteiger partial charge in [-0.1, -0.05) is 13.8 Å². The average molecular weight is 422 g/mol. The van der Waals surface area contributed by atoms with Crippen LogP contribution in [-0.4, -0.2) is 51.6 Å². The van der Waals surface area contributed by atoms with Gasteiger partial charge in [-0.15, -0.1) is 0 Å². The minimum Gasteiger partial charge on any atom is -0.497 e. The first kappa shape index (κ1) is 22.5. The van der Waals surface area contributed by atoms with Crippen molar-refractivity contribution in [1.29, 1.82) is 0 Å². The summed E-state index contributed by atoms with van der Waals surface area (Å²) in [6.45, 7) is 3.02. The highest BCUT2D eigenvalue weighted by Crippen LogP contribution is 2.33. The third-order valence-corrected chi connectivity index (χ3v) is 6.24. The predicted molar refractivity (Wildman–Crippen MR) is 97.3 cm³/mol. The number of hydrogen-bond donors (Lipinski definition) is 1. The first-order chi connectivity index (χ1) is 13.0. The number of halogens is 3. The van der Waals surface area contributed by atoms with Crippen LogP contribution in [0.15, 0.2) is 29.2 Å². The topological polar surface area (TPSA) is 75.7 Å². The quantitative estimate of drug-likeness (QED) is 0.765. The van der Waals surface area contributed by atoms with Crippen molar-refractivity contribution in [2.75, 3.05) is 20.2 Å². The van der Waals surface area contributed by atoms with Crippen LogP contribution in [0.2, 0.25) is 0 Å². The number of ether oxygens (including phenoxy) is 1. The van der Waals surface area contributed by atoms with Gasteiger partial charge in [0.25, 0.3) is 0 Å². The average Bonchev–Trinajstić information content (AvgIpc) is 2.65. The Labute approximate surface area is 163 Å². The van der Waals surface area contributed by atoms with Crippen molar-refractivity contribution in [1.82, 2.24) is 9.62 Å². The zero-order chi connectivity index (χ0) is 21.1. The Kier molecular flexibility index (Phi) is 6.97. The molecule has 28 heavy (non-hydrogen) atoms. The van der Waals surface area contributed by atoms with Gasteiger partial charge in [0, 0.05) is 13.1 Å². The van der Waals surface area contributed by atoms with Gasteiger partial charge in [-0.2, -0.15) is 17.9 Å². The number of piperidine rings is 1. The molecule has 10 heteroatoms. The molecule has 1 aliphatic heterocycles. The number of hydrogen-bond acceptors (Lipinski definition) is 4. The van der Waals surface area contributed by atoms with Crippen LogP contribution in [0.25, 0.3) is 0 Å². The molecule has 1 fully saturated rings. The number of nitrogens with zero attached hydrogens (tertiary/aromatic N) is 1. The van der Waals surface area contributed by atoms with Crippen LogP contribution in [0.3, 0.4) is 0 Å². The number of carbonyl (C=O) groups is 1. The van der Waals surface area contributed by atoms with E-state index < -0.39 is 46.5 Å². The summed E-state index contributed by atoms with van der Waals surface area (Å²) in [5, 5.41) is 0. The van der Waals surface area contributed by atoms with E-state index in [1.807, 2.05) is 0 Å². The largest absolute Gasteiger partial charge is 0.497 e. The second-order valence-corrected chi connectivity index (χ2v) is 8.90. The minimum atomic E-state index is -4.38. The maximum Gasteiger partial charge on any atom is 0.393 e. The number of sulfonamides is 1. The number of likely N-dealkylation sites (tertiary alicyclic amines) is 1. The molecule has 1 amide bonds. The molecule has 2 rings (SSSR count). The van der Waals surface area contributed by atoms with Gasteiger partial charge < -0.3 is 9.64 Å². The molecule has 2 atom stereocenters. The molecule has 0 aliphatic carbocycles. The Balaban J connectivity index is 2.18. The third-order valence-electron chi connectivity index (χ3n) is 4.78. The maximum atomic E-state index is 13.0. The Hall–Kier alpha value is -1.81. The van der Waals surface area contributed by atoms with Gasteiger partial charge >= 0.3 is 6.18 Å². The van der Waals surface area contributed by atoms with Crippen LogP contribution in [0.1, 0.15) is 26.7 Å². The van der Waals surface area contributed by atoms with Gasteiger partial charge in [-0.3, -0.25) is 4.79 Å². The normalized spacial score (nSPS) is 19.5. The Morgan fingerprint density at radius 3 is 2.36 bits per heavy atom. The van der Waals surface area contributed by atoms with Gasteiger partial charge in [-0.05, 0) is 43.0 Å². The van der Waals surface area contributed by atoms with Crippen LogP contribution in [0.5, 0.6) is 5.75 Å². The minimum absolute atomic E-state index is 0.0306. The molecule has 0 radical (unpaired) electrons. The summed E-state index contributed by atoms with van der Waals surface area (Å²) in [6.07, 6.45) is -4.18. The van der Waals surface area contributed by atoms with Crippen molar-refractivity contribution < 1.29 is 31.1 Å². The van der Waals surface area contributed by atoms with Crippen molar-refractivity contribution in [3.8, 4) is 5.75 Å². The monoisotopic (exact) mass is 422 g/mol. The molecule has 0 spiro atoms. The predicted octanol–water partition coefficient (Wildman–Crippen LogP) is 2.80. The molecule has 1 aromatic carbocycles. The molecule has 0 bridgehead atoms. The molecule has 1 saturated heterocycles. The van der Waals surface area contributed by atoms with Crippen LogP contribution in [0.4, 0.5) is 13.2 Å². The van der Waals surface area contributed by atoms with Crippen molar-refractivity contribution in [2.24, 2.45) is 11.8 Å². The number of rotatable bonds is 6. The molecule has 1 N–H and O–H groups in total. The first-order valence-corrected chi connectivity index (χ1v) is 10.5. The van der Waals surface area contributed by atoms with Crippen LogP contribution in [0, 0.1) is 11.8 Å². The number of methoxy groups -OCH3 is 1. The van der Waals surface area contributed by atoms with Crippen molar-refractivity contribution >= 4 is 15.9 Å². The third kappa shape index (κ3) is 5.38. The second-order valence-electron chi connectivity index (χ2n) is 7.18. The van der Waals surface area contributed by atoms with E-state index in [-0.39, 0.29) is 24.3 Å². The van der Waals surface area contributed by atoms with Crippen molar-refractivity contribution in [2.45, 2.75) is 43.8 Å². The Bertz CT molecular complexity index is 779. The lowest BCUT2D eigenvalue weighted by molar-refractivity contribution is -0.188. The van der Waals surface area contributed by atoms with E-state index in [0.717, 1.165) is 4.90 Å². The lowest BCUT2D eigenvalue weighted by atomic mass is 9.95. The van der Waals surface area contributed by atoms with Gasteiger partial charge in [0.15, 0.2) is 0 Å². The Morgan fingerprint density at radius 1 is 1.25 bits per heavy atom. The molecule has 1 heterocycles. The van der Waals surface area contributed by atoms with Crippen molar-refractivity contribution in [3.63, 3.8) is 0 Å². The SMILES string of the molecule is COc1ccc(S(=O)(=O)N[C@@H](C(=O)N2CCC[C@@H](C(F)(F)F)C2)C(C)C)cc1. The number of carbonyl (C=O) groups excluding carboxylic acids is 1. The van der Waals surface area contributed by atoms with E-state index in [2.05, 4.69) is 4.72 Å². The summed E-state index contributed by atoms with van der Waals surface area (Å²) in [4.78, 5) is 13.9. The van der Waals surface area contributed by atoms with Gasteiger partial charge in [-0.25, -0.2) is 8.42 Å². The second kappa shape index (κ2) is 8.69. The summed E-state index contributed by atoms with van der Waals surface area (Å²) in [5.41, 5.74) is 0. The summed E-state index contributed by atoms with van der Waals surface area (Å²) < 4.78 is 71.8. The molecule has 1 aromatic rings. The van der Waals surface area contributed by atoms with E-state index in [1.54, 1.807) is 13.8 Å². The van der Waals surface area contributed by atoms with Gasteiger partial charge in [0.2, 0.25) is 15.9 Å².